The van der Waals surface area contributed by atoms with Crippen LogP contribution in [0, 0.1) is 6.92 Å². The Morgan fingerprint density at radius 1 is 1.46 bits per heavy atom. The van der Waals surface area contributed by atoms with Crippen LogP contribution in [0.15, 0.2) is 16.5 Å². The van der Waals surface area contributed by atoms with Crippen molar-refractivity contribution in [2.75, 3.05) is 13.1 Å². The molecule has 1 atom stereocenters. The standard InChI is InChI=1S/C9H12N2O2/c1-6-2-3-7(13-6)8-9(12)11-5-4-10-8/h2-3,8,10H,4-5H2,1H3,(H,11,12). The maximum Gasteiger partial charge on any atom is 0.245 e. The molecule has 1 aromatic rings. The summed E-state index contributed by atoms with van der Waals surface area (Å²) >= 11 is 0. The monoisotopic (exact) mass is 180 g/mol. The van der Waals surface area contributed by atoms with Crippen molar-refractivity contribution < 1.29 is 9.21 Å². The molecule has 4 heteroatoms. The van der Waals surface area contributed by atoms with Gasteiger partial charge in [-0.25, -0.2) is 0 Å². The minimum Gasteiger partial charge on any atom is -0.464 e. The number of nitrogens with one attached hydrogen (secondary N) is 2. The number of amides is 1. The lowest BCUT2D eigenvalue weighted by Crippen LogP contribution is -2.47. The molecule has 2 N–H and O–H groups in total. The molecule has 13 heavy (non-hydrogen) atoms. The van der Waals surface area contributed by atoms with E-state index in [1.807, 2.05) is 19.1 Å². The van der Waals surface area contributed by atoms with Crippen LogP contribution < -0.4 is 10.6 Å². The Labute approximate surface area is 76.3 Å². The summed E-state index contributed by atoms with van der Waals surface area (Å²) < 4.78 is 5.37. The van der Waals surface area contributed by atoms with E-state index in [2.05, 4.69) is 10.6 Å². The van der Waals surface area contributed by atoms with Gasteiger partial charge in [-0.2, -0.15) is 0 Å². The van der Waals surface area contributed by atoms with Gasteiger partial charge in [0.1, 0.15) is 17.6 Å². The first-order chi connectivity index (χ1) is 6.27. The molecule has 0 bridgehead atoms. The highest BCUT2D eigenvalue weighted by Crippen LogP contribution is 2.17. The molecule has 1 fully saturated rings. The van der Waals surface area contributed by atoms with E-state index in [0.717, 1.165) is 12.3 Å². The Kier molecular flexibility index (Phi) is 2.06. The van der Waals surface area contributed by atoms with E-state index in [0.29, 0.717) is 12.3 Å². The fraction of sp³-hybridized carbons (Fsp3) is 0.444. The largest absolute Gasteiger partial charge is 0.464 e. The predicted molar refractivity (Wildman–Crippen MR) is 47.2 cm³/mol. The molecule has 2 heterocycles. The lowest BCUT2D eigenvalue weighted by molar-refractivity contribution is -0.124. The fourth-order valence-corrected chi connectivity index (χ4v) is 1.44. The second kappa shape index (κ2) is 3.22. The molecule has 2 rings (SSSR count). The highest BCUT2D eigenvalue weighted by molar-refractivity contribution is 5.83. The van der Waals surface area contributed by atoms with Crippen molar-refractivity contribution in [3.8, 4) is 0 Å². The van der Waals surface area contributed by atoms with E-state index in [1.165, 1.54) is 0 Å². The van der Waals surface area contributed by atoms with Crippen LogP contribution in [0.1, 0.15) is 17.6 Å². The SMILES string of the molecule is Cc1ccc(C2NCCNC2=O)o1. The van der Waals surface area contributed by atoms with Gasteiger partial charge in [0, 0.05) is 13.1 Å². The van der Waals surface area contributed by atoms with Crippen LogP contribution in [0.2, 0.25) is 0 Å². The fourth-order valence-electron chi connectivity index (χ4n) is 1.44. The van der Waals surface area contributed by atoms with Gasteiger partial charge in [0.25, 0.3) is 0 Å². The van der Waals surface area contributed by atoms with E-state index in [1.54, 1.807) is 0 Å². The van der Waals surface area contributed by atoms with Crippen molar-refractivity contribution in [1.82, 2.24) is 10.6 Å². The number of hydrogen-bond acceptors (Lipinski definition) is 3. The Morgan fingerprint density at radius 2 is 2.31 bits per heavy atom. The van der Waals surface area contributed by atoms with Gasteiger partial charge < -0.3 is 9.73 Å². The third-order valence-corrected chi connectivity index (χ3v) is 2.08. The maximum absolute atomic E-state index is 11.4. The molecule has 0 aliphatic carbocycles. The van der Waals surface area contributed by atoms with E-state index in [-0.39, 0.29) is 11.9 Å². The highest BCUT2D eigenvalue weighted by atomic mass is 16.3. The maximum atomic E-state index is 11.4. The van der Waals surface area contributed by atoms with Crippen LogP contribution in [-0.2, 0) is 4.79 Å². The zero-order valence-electron chi connectivity index (χ0n) is 7.46. The van der Waals surface area contributed by atoms with E-state index in [4.69, 9.17) is 4.42 Å². The number of hydrogen-bond donors (Lipinski definition) is 2. The van der Waals surface area contributed by atoms with Crippen molar-refractivity contribution in [2.24, 2.45) is 0 Å². The second-order valence-electron chi connectivity index (χ2n) is 3.13. The molecular weight excluding hydrogens is 168 g/mol. The summed E-state index contributed by atoms with van der Waals surface area (Å²) in [6.07, 6.45) is 0. The summed E-state index contributed by atoms with van der Waals surface area (Å²) in [5, 5.41) is 5.87. The normalized spacial score (nSPS) is 22.8. The molecule has 4 nitrogen and oxygen atoms in total. The lowest BCUT2D eigenvalue weighted by atomic mass is 10.2. The van der Waals surface area contributed by atoms with Crippen molar-refractivity contribution in [2.45, 2.75) is 13.0 Å². The molecule has 0 spiro atoms. The summed E-state index contributed by atoms with van der Waals surface area (Å²) in [4.78, 5) is 11.4. The minimum absolute atomic E-state index is 0.0133. The molecule has 1 saturated heterocycles. The van der Waals surface area contributed by atoms with Crippen LogP contribution in [0.25, 0.3) is 0 Å². The van der Waals surface area contributed by atoms with E-state index in [9.17, 15) is 4.79 Å². The van der Waals surface area contributed by atoms with Gasteiger partial charge in [0.2, 0.25) is 5.91 Å². The molecule has 1 aromatic heterocycles. The molecule has 0 aromatic carbocycles. The third-order valence-electron chi connectivity index (χ3n) is 2.08. The average molecular weight is 180 g/mol. The Balaban J connectivity index is 2.19. The Bertz CT molecular complexity index is 319. The molecule has 1 unspecified atom stereocenters. The van der Waals surface area contributed by atoms with Crippen molar-refractivity contribution in [3.05, 3.63) is 23.7 Å². The smallest absolute Gasteiger partial charge is 0.245 e. The Morgan fingerprint density at radius 3 is 2.92 bits per heavy atom. The predicted octanol–water partition coefficient (Wildman–Crippen LogP) is 0.349. The number of aryl methyl sites for hydroxylation is 1. The molecule has 0 saturated carbocycles. The summed E-state index contributed by atoms with van der Waals surface area (Å²) in [5.41, 5.74) is 0. The molecule has 1 amide bonds. The minimum atomic E-state index is -0.317. The van der Waals surface area contributed by atoms with Gasteiger partial charge in [0.05, 0.1) is 0 Å². The van der Waals surface area contributed by atoms with Gasteiger partial charge in [-0.15, -0.1) is 0 Å². The topological polar surface area (TPSA) is 54.3 Å². The summed E-state index contributed by atoms with van der Waals surface area (Å²) in [7, 11) is 0. The van der Waals surface area contributed by atoms with E-state index < -0.39 is 0 Å². The summed E-state index contributed by atoms with van der Waals surface area (Å²) in [6, 6.07) is 3.37. The zero-order chi connectivity index (χ0) is 9.26. The van der Waals surface area contributed by atoms with Crippen molar-refractivity contribution in [3.63, 3.8) is 0 Å². The van der Waals surface area contributed by atoms with Crippen LogP contribution in [-0.4, -0.2) is 19.0 Å². The molecule has 0 radical (unpaired) electrons. The first-order valence-electron chi connectivity index (χ1n) is 4.35. The number of carbonyl (C=O) groups excluding carboxylic acids is 1. The molecule has 70 valence electrons. The summed E-state index contributed by atoms with van der Waals surface area (Å²) in [5.74, 6) is 1.51. The summed E-state index contributed by atoms with van der Waals surface area (Å²) in [6.45, 7) is 3.34. The van der Waals surface area contributed by atoms with Crippen molar-refractivity contribution in [1.29, 1.82) is 0 Å². The van der Waals surface area contributed by atoms with Crippen LogP contribution in [0.5, 0.6) is 0 Å². The highest BCUT2D eigenvalue weighted by Gasteiger charge is 2.25. The van der Waals surface area contributed by atoms with Gasteiger partial charge >= 0.3 is 0 Å². The van der Waals surface area contributed by atoms with Gasteiger partial charge in [-0.05, 0) is 19.1 Å². The molecule has 1 aliphatic heterocycles. The molecule has 1 aliphatic rings. The molecular formula is C9H12N2O2. The quantitative estimate of drug-likeness (QED) is 0.655. The van der Waals surface area contributed by atoms with Crippen LogP contribution in [0.4, 0.5) is 0 Å². The van der Waals surface area contributed by atoms with Crippen LogP contribution in [0.3, 0.4) is 0 Å². The number of carbonyl (C=O) groups is 1. The second-order valence-corrected chi connectivity index (χ2v) is 3.13. The first kappa shape index (κ1) is 8.31. The Hall–Kier alpha value is -1.29. The average Bonchev–Trinajstić information content (AvgIpc) is 2.53. The van der Waals surface area contributed by atoms with Crippen molar-refractivity contribution >= 4 is 5.91 Å². The number of furan rings is 1. The first-order valence-corrected chi connectivity index (χ1v) is 4.35. The zero-order valence-corrected chi connectivity index (χ0v) is 7.46. The van der Waals surface area contributed by atoms with Gasteiger partial charge in [0.15, 0.2) is 0 Å². The van der Waals surface area contributed by atoms with Gasteiger partial charge in [-0.1, -0.05) is 0 Å². The van der Waals surface area contributed by atoms with Crippen LogP contribution >= 0.6 is 0 Å². The van der Waals surface area contributed by atoms with Gasteiger partial charge in [-0.3, -0.25) is 10.1 Å². The number of rotatable bonds is 1. The van der Waals surface area contributed by atoms with E-state index >= 15 is 0 Å². The lowest BCUT2D eigenvalue weighted by Gasteiger charge is -2.21. The number of piperazine rings is 1. The third kappa shape index (κ3) is 1.58.